The Morgan fingerprint density at radius 3 is 0.851 bits per heavy atom. The van der Waals surface area contributed by atoms with Gasteiger partial charge in [0.15, 0.2) is 0 Å². The fourth-order valence-corrected chi connectivity index (χ4v) is 7.24. The smallest absolute Gasteiger partial charge is 0.0946 e. The Labute approximate surface area is 296 Å². The third kappa shape index (κ3) is 33.4. The van der Waals surface area contributed by atoms with Crippen molar-refractivity contribution in [2.45, 2.75) is 252 Å². The molecule has 1 heterocycles. The van der Waals surface area contributed by atoms with Crippen LogP contribution < -0.4 is 0 Å². The molecule has 0 aromatic carbocycles. The van der Waals surface area contributed by atoms with Crippen LogP contribution in [0.4, 0.5) is 0 Å². The minimum atomic E-state index is 0.901. The number of hydrogen-bond donors (Lipinski definition) is 0. The monoisotopic (exact) mass is 659 g/mol. The van der Waals surface area contributed by atoms with Crippen LogP contribution in [0.1, 0.15) is 245 Å². The average Bonchev–Trinajstić information content (AvgIpc) is 3.60. The summed E-state index contributed by atoms with van der Waals surface area (Å²) in [5.41, 5.74) is 0. The van der Waals surface area contributed by atoms with Gasteiger partial charge in [-0.15, -0.1) is 5.10 Å². The lowest BCUT2D eigenvalue weighted by atomic mass is 10.0. The van der Waals surface area contributed by atoms with E-state index in [-0.39, 0.29) is 0 Å². The van der Waals surface area contributed by atoms with Gasteiger partial charge in [0.1, 0.15) is 0 Å². The van der Waals surface area contributed by atoms with E-state index in [1.54, 1.807) is 0 Å². The molecule has 1 aromatic heterocycles. The predicted molar refractivity (Wildman–Crippen MR) is 209 cm³/mol. The summed E-state index contributed by atoms with van der Waals surface area (Å²) in [4.78, 5) is 2.62. The van der Waals surface area contributed by atoms with E-state index >= 15 is 0 Å². The molecule has 0 fully saturated rings. The van der Waals surface area contributed by atoms with Gasteiger partial charge in [-0.1, -0.05) is 237 Å². The molecule has 0 atom stereocenters. The summed E-state index contributed by atoms with van der Waals surface area (Å²) in [5.74, 6) is 0. The molecule has 1 aromatic rings. The van der Waals surface area contributed by atoms with Crippen LogP contribution in [0.2, 0.25) is 0 Å². The van der Waals surface area contributed by atoms with E-state index in [0.29, 0.717) is 0 Å². The van der Waals surface area contributed by atoms with Crippen LogP contribution in [-0.2, 0) is 6.67 Å². The fourth-order valence-electron chi connectivity index (χ4n) is 7.24. The Kier molecular flexibility index (Phi) is 35.6. The Balaban J connectivity index is 1.90. The minimum Gasteiger partial charge on any atom is -0.284 e. The highest BCUT2D eigenvalue weighted by atomic mass is 15.5. The number of unbranched alkanes of at least 4 members (excludes halogenated alkanes) is 34. The minimum absolute atomic E-state index is 0.901. The molecule has 47 heavy (non-hydrogen) atoms. The van der Waals surface area contributed by atoms with Crippen molar-refractivity contribution in [1.29, 1.82) is 0 Å². The largest absolute Gasteiger partial charge is 0.284 e. The lowest BCUT2D eigenvalue weighted by molar-refractivity contribution is 0.196. The van der Waals surface area contributed by atoms with Gasteiger partial charge in [-0.05, 0) is 25.9 Å². The topological polar surface area (TPSA) is 34.0 Å². The number of hydrogen-bond acceptors (Lipinski definition) is 3. The maximum absolute atomic E-state index is 4.24. The Morgan fingerprint density at radius 1 is 0.362 bits per heavy atom. The molecule has 0 amide bonds. The molecule has 0 N–H and O–H groups in total. The van der Waals surface area contributed by atoms with Gasteiger partial charge in [-0.3, -0.25) is 4.90 Å². The molecule has 0 aliphatic heterocycles. The maximum Gasteiger partial charge on any atom is 0.0946 e. The highest BCUT2D eigenvalue weighted by Gasteiger charge is 2.06. The SMILES string of the molecule is CCCCCCCCCCCCCCCCCCCCN(CCCCCCCCCCCCCCCCCCCC)Cn1ccnn1. The zero-order valence-electron chi connectivity index (χ0n) is 32.5. The highest BCUT2D eigenvalue weighted by Crippen LogP contribution is 2.16. The van der Waals surface area contributed by atoms with Gasteiger partial charge in [0.05, 0.1) is 12.9 Å². The van der Waals surface area contributed by atoms with Crippen molar-refractivity contribution >= 4 is 0 Å². The number of aromatic nitrogens is 3. The molecule has 0 aliphatic carbocycles. The quantitative estimate of drug-likeness (QED) is 0.0658. The van der Waals surface area contributed by atoms with Gasteiger partial charge in [0, 0.05) is 6.20 Å². The average molecular weight is 659 g/mol. The van der Waals surface area contributed by atoms with Crippen molar-refractivity contribution in [3.63, 3.8) is 0 Å². The summed E-state index contributed by atoms with van der Waals surface area (Å²) >= 11 is 0. The summed E-state index contributed by atoms with van der Waals surface area (Å²) in [7, 11) is 0. The first-order chi connectivity index (χ1) is 23.4. The van der Waals surface area contributed by atoms with Crippen LogP contribution >= 0.6 is 0 Å². The zero-order chi connectivity index (χ0) is 33.6. The molecule has 0 unspecified atom stereocenters. The van der Waals surface area contributed by atoms with Crippen LogP contribution in [-0.4, -0.2) is 33.0 Å². The summed E-state index contributed by atoms with van der Waals surface area (Å²) < 4.78 is 2.00. The second-order valence-corrected chi connectivity index (χ2v) is 15.2. The summed E-state index contributed by atoms with van der Waals surface area (Å²) in [6.07, 6.45) is 55.7. The van der Waals surface area contributed by atoms with Crippen molar-refractivity contribution in [2.24, 2.45) is 0 Å². The molecule has 0 saturated carbocycles. The van der Waals surface area contributed by atoms with Crippen molar-refractivity contribution in [3.05, 3.63) is 12.4 Å². The molecule has 0 saturated heterocycles. The van der Waals surface area contributed by atoms with Gasteiger partial charge in [-0.25, -0.2) is 4.68 Å². The van der Waals surface area contributed by atoms with Gasteiger partial charge < -0.3 is 0 Å². The summed E-state index contributed by atoms with van der Waals surface area (Å²) in [6.45, 7) is 7.93. The first kappa shape index (κ1) is 44.1. The van der Waals surface area contributed by atoms with Crippen molar-refractivity contribution in [3.8, 4) is 0 Å². The zero-order valence-corrected chi connectivity index (χ0v) is 32.5. The summed E-state index contributed by atoms with van der Waals surface area (Å²) in [5, 5.41) is 8.27. The molecule has 0 spiro atoms. The molecule has 4 nitrogen and oxygen atoms in total. The first-order valence-electron chi connectivity index (χ1n) is 21.9. The number of nitrogens with zero attached hydrogens (tertiary/aromatic N) is 4. The van der Waals surface area contributed by atoms with Crippen LogP contribution in [0.25, 0.3) is 0 Å². The molecule has 278 valence electrons. The Bertz CT molecular complexity index is 635. The van der Waals surface area contributed by atoms with Crippen LogP contribution in [0.3, 0.4) is 0 Å². The highest BCUT2D eigenvalue weighted by molar-refractivity contribution is 4.65. The van der Waals surface area contributed by atoms with Crippen molar-refractivity contribution in [1.82, 2.24) is 19.9 Å². The van der Waals surface area contributed by atoms with Gasteiger partial charge >= 0.3 is 0 Å². The van der Waals surface area contributed by atoms with E-state index in [4.69, 9.17) is 0 Å². The summed E-state index contributed by atoms with van der Waals surface area (Å²) in [6, 6.07) is 0. The van der Waals surface area contributed by atoms with Crippen LogP contribution in [0, 0.1) is 0 Å². The second kappa shape index (κ2) is 37.9. The Hall–Kier alpha value is -0.900. The normalized spacial score (nSPS) is 11.7. The molecule has 1 rings (SSSR count). The maximum atomic E-state index is 4.24. The first-order valence-corrected chi connectivity index (χ1v) is 21.9. The van der Waals surface area contributed by atoms with E-state index < -0.39 is 0 Å². The third-order valence-electron chi connectivity index (χ3n) is 10.5. The van der Waals surface area contributed by atoms with Gasteiger partial charge in [0.25, 0.3) is 0 Å². The van der Waals surface area contributed by atoms with E-state index in [0.717, 1.165) is 6.67 Å². The lowest BCUT2D eigenvalue weighted by Gasteiger charge is -2.22. The van der Waals surface area contributed by atoms with Crippen LogP contribution in [0.15, 0.2) is 12.4 Å². The molecule has 0 bridgehead atoms. The molecule has 4 heteroatoms. The van der Waals surface area contributed by atoms with Crippen molar-refractivity contribution < 1.29 is 0 Å². The van der Waals surface area contributed by atoms with E-state index in [1.807, 2.05) is 17.1 Å². The lowest BCUT2D eigenvalue weighted by Crippen LogP contribution is -2.29. The molecule has 0 aliphatic rings. The van der Waals surface area contributed by atoms with Crippen molar-refractivity contribution in [2.75, 3.05) is 13.1 Å². The van der Waals surface area contributed by atoms with E-state index in [2.05, 4.69) is 29.1 Å². The van der Waals surface area contributed by atoms with Crippen LogP contribution in [0.5, 0.6) is 0 Å². The van der Waals surface area contributed by atoms with Gasteiger partial charge in [-0.2, -0.15) is 0 Å². The van der Waals surface area contributed by atoms with Gasteiger partial charge in [0.2, 0.25) is 0 Å². The number of rotatable bonds is 40. The van der Waals surface area contributed by atoms with E-state index in [1.165, 1.54) is 244 Å². The molecule has 0 radical (unpaired) electrons. The third-order valence-corrected chi connectivity index (χ3v) is 10.5. The molecular formula is C43H86N4. The standard InChI is InChI=1S/C43H86N4/c1-3-5-7-9-11-13-15-17-19-21-23-25-27-29-31-33-35-37-40-46(43-47-42-39-44-45-47)41-38-36-34-32-30-28-26-24-22-20-18-16-14-12-10-8-6-4-2/h39,42H,3-38,40-41,43H2,1-2H3. The molecular weight excluding hydrogens is 573 g/mol. The fraction of sp³-hybridized carbons (Fsp3) is 0.953. The van der Waals surface area contributed by atoms with E-state index in [9.17, 15) is 0 Å². The predicted octanol–water partition coefficient (Wildman–Crippen LogP) is 14.6. The second-order valence-electron chi connectivity index (χ2n) is 15.2. The Morgan fingerprint density at radius 2 is 0.617 bits per heavy atom.